The fourth-order valence-electron chi connectivity index (χ4n) is 1.61. The lowest BCUT2D eigenvalue weighted by molar-refractivity contribution is -0.130. The summed E-state index contributed by atoms with van der Waals surface area (Å²) in [6.45, 7) is 0.686. The van der Waals surface area contributed by atoms with Gasteiger partial charge in [-0.1, -0.05) is 24.3 Å². The summed E-state index contributed by atoms with van der Waals surface area (Å²) in [4.78, 5) is 22.1. The third kappa shape index (κ3) is 4.56. The van der Waals surface area contributed by atoms with Gasteiger partial charge in [-0.25, -0.2) is 4.79 Å². The molecule has 0 spiro atoms. The van der Waals surface area contributed by atoms with Crippen molar-refractivity contribution in [2.75, 3.05) is 13.2 Å². The van der Waals surface area contributed by atoms with Crippen molar-refractivity contribution >= 4 is 17.8 Å². The van der Waals surface area contributed by atoms with E-state index in [0.717, 1.165) is 6.42 Å². The number of aliphatic hydroxyl groups excluding tert-OH is 1. The molecule has 0 aliphatic heterocycles. The predicted octanol–water partition coefficient (Wildman–Crippen LogP) is 1.29. The third-order valence-electron chi connectivity index (χ3n) is 2.58. The van der Waals surface area contributed by atoms with Gasteiger partial charge in [-0.2, -0.15) is 0 Å². The highest BCUT2D eigenvalue weighted by Gasteiger charge is 2.13. The molecule has 0 unspecified atom stereocenters. The molecule has 1 aromatic carbocycles. The van der Waals surface area contributed by atoms with Crippen LogP contribution in [0.4, 0.5) is 0 Å². The van der Waals surface area contributed by atoms with Crippen LogP contribution < -0.4 is 5.32 Å². The highest BCUT2D eigenvalue weighted by Crippen LogP contribution is 2.17. The fraction of sp³-hybridized carbons (Fsp3) is 0.286. The number of rotatable bonds is 8. The van der Waals surface area contributed by atoms with E-state index in [9.17, 15) is 14.7 Å². The lowest BCUT2D eigenvalue weighted by Crippen LogP contribution is -2.12. The number of hydrogen-bond acceptors (Lipinski definition) is 4. The maximum atomic E-state index is 11.2. The first-order valence-electron chi connectivity index (χ1n) is 6.03. The second kappa shape index (κ2) is 8.05. The van der Waals surface area contributed by atoms with Crippen molar-refractivity contribution in [3.63, 3.8) is 0 Å². The van der Waals surface area contributed by atoms with Crippen LogP contribution in [0.25, 0.3) is 5.57 Å². The van der Waals surface area contributed by atoms with Gasteiger partial charge in [-0.15, -0.1) is 0 Å². The van der Waals surface area contributed by atoms with Crippen molar-refractivity contribution in [1.29, 1.82) is 0 Å². The highest BCUT2D eigenvalue weighted by molar-refractivity contribution is 6.17. The number of carbonyl (C=O) groups excluding carboxylic acids is 1. The molecule has 0 aromatic heterocycles. The molecule has 19 heavy (non-hydrogen) atoms. The summed E-state index contributed by atoms with van der Waals surface area (Å²) in [5.74, 6) is -1.09. The Morgan fingerprint density at radius 2 is 2.00 bits per heavy atom. The number of nitrogens with one attached hydrogen (secondary N) is 1. The van der Waals surface area contributed by atoms with Gasteiger partial charge in [0.15, 0.2) is 6.29 Å². The van der Waals surface area contributed by atoms with E-state index in [2.05, 4.69) is 5.32 Å². The molecule has 1 aromatic rings. The zero-order chi connectivity index (χ0) is 14.1. The number of aliphatic hydroxyl groups is 1. The summed E-state index contributed by atoms with van der Waals surface area (Å²) in [5.41, 5.74) is 0.777. The summed E-state index contributed by atoms with van der Waals surface area (Å²) in [5, 5.41) is 20.7. The second-order valence-corrected chi connectivity index (χ2v) is 3.95. The molecular formula is C14H17NO4. The molecule has 5 heteroatoms. The molecule has 0 amide bonds. The molecule has 0 radical (unpaired) electrons. The van der Waals surface area contributed by atoms with E-state index in [1.165, 1.54) is 6.20 Å². The van der Waals surface area contributed by atoms with Gasteiger partial charge in [-0.3, -0.25) is 4.79 Å². The standard InChI is InChI=1S/C14H17NO4/c16-8-4-3-7-15-9-13(14(18)19)12-6-2-1-5-11(12)10-17/h1-2,5-6,9-10,15-16H,3-4,7-8H2,(H,18,19)/b13-9+. The van der Waals surface area contributed by atoms with E-state index in [1.807, 2.05) is 0 Å². The minimum Gasteiger partial charge on any atom is -0.478 e. The van der Waals surface area contributed by atoms with E-state index >= 15 is 0 Å². The largest absolute Gasteiger partial charge is 0.478 e. The van der Waals surface area contributed by atoms with Crippen LogP contribution in [0.3, 0.4) is 0 Å². The normalized spacial score (nSPS) is 11.1. The Morgan fingerprint density at radius 1 is 1.26 bits per heavy atom. The zero-order valence-corrected chi connectivity index (χ0v) is 10.5. The van der Waals surface area contributed by atoms with Crippen molar-refractivity contribution in [1.82, 2.24) is 5.32 Å². The summed E-state index contributed by atoms with van der Waals surface area (Å²) in [7, 11) is 0. The summed E-state index contributed by atoms with van der Waals surface area (Å²) < 4.78 is 0. The van der Waals surface area contributed by atoms with Crippen LogP contribution in [-0.4, -0.2) is 35.6 Å². The SMILES string of the molecule is O=Cc1ccccc1/C(=C\NCCCCO)C(=O)O. The van der Waals surface area contributed by atoms with Crippen LogP contribution in [0, 0.1) is 0 Å². The Kier molecular flexibility index (Phi) is 6.32. The first kappa shape index (κ1) is 14.9. The van der Waals surface area contributed by atoms with Gasteiger partial charge in [-0.05, 0) is 12.8 Å². The molecule has 0 saturated heterocycles. The molecule has 0 aliphatic rings. The minimum atomic E-state index is -1.09. The Balaban J connectivity index is 2.85. The molecule has 1 rings (SSSR count). The molecule has 0 atom stereocenters. The van der Waals surface area contributed by atoms with E-state index in [1.54, 1.807) is 24.3 Å². The van der Waals surface area contributed by atoms with Gasteiger partial charge in [0.25, 0.3) is 0 Å². The molecule has 0 saturated carbocycles. The summed E-state index contributed by atoms with van der Waals surface area (Å²) >= 11 is 0. The monoisotopic (exact) mass is 263 g/mol. The maximum absolute atomic E-state index is 11.2. The first-order chi connectivity index (χ1) is 9.20. The number of carboxylic acids is 1. The molecule has 0 aliphatic carbocycles. The Bertz CT molecular complexity index is 468. The van der Waals surface area contributed by atoms with Crippen molar-refractivity contribution < 1.29 is 19.8 Å². The average Bonchev–Trinajstić information content (AvgIpc) is 2.42. The quantitative estimate of drug-likeness (QED) is 0.374. The molecule has 102 valence electrons. The molecular weight excluding hydrogens is 246 g/mol. The summed E-state index contributed by atoms with van der Waals surface area (Å²) in [6.07, 6.45) is 3.43. The van der Waals surface area contributed by atoms with E-state index < -0.39 is 5.97 Å². The molecule has 3 N–H and O–H groups in total. The first-order valence-corrected chi connectivity index (χ1v) is 6.03. The van der Waals surface area contributed by atoms with Crippen LogP contribution in [0.5, 0.6) is 0 Å². The predicted molar refractivity (Wildman–Crippen MR) is 71.8 cm³/mol. The van der Waals surface area contributed by atoms with Crippen molar-refractivity contribution in [2.45, 2.75) is 12.8 Å². The second-order valence-electron chi connectivity index (χ2n) is 3.95. The van der Waals surface area contributed by atoms with E-state index in [-0.39, 0.29) is 12.2 Å². The Labute approximate surface area is 111 Å². The van der Waals surface area contributed by atoms with Crippen molar-refractivity contribution in [3.8, 4) is 0 Å². The average molecular weight is 263 g/mol. The number of hydrogen-bond donors (Lipinski definition) is 3. The minimum absolute atomic E-state index is 0.0479. The van der Waals surface area contributed by atoms with Crippen molar-refractivity contribution in [2.24, 2.45) is 0 Å². The summed E-state index contributed by atoms with van der Waals surface area (Å²) in [6, 6.07) is 6.54. The number of aldehydes is 1. The Hall–Kier alpha value is -2.14. The van der Waals surface area contributed by atoms with Crippen LogP contribution >= 0.6 is 0 Å². The van der Waals surface area contributed by atoms with Crippen LogP contribution in [0.1, 0.15) is 28.8 Å². The van der Waals surface area contributed by atoms with Gasteiger partial charge in [0.1, 0.15) is 0 Å². The molecule has 0 heterocycles. The number of unbranched alkanes of at least 4 members (excludes halogenated alkanes) is 1. The van der Waals surface area contributed by atoms with Crippen LogP contribution in [0.15, 0.2) is 30.5 Å². The lowest BCUT2D eigenvalue weighted by atomic mass is 10.0. The van der Waals surface area contributed by atoms with Gasteiger partial charge < -0.3 is 15.5 Å². The molecule has 0 bridgehead atoms. The number of aliphatic carboxylic acids is 1. The van der Waals surface area contributed by atoms with Crippen LogP contribution in [-0.2, 0) is 4.79 Å². The lowest BCUT2D eigenvalue weighted by Gasteiger charge is -2.07. The maximum Gasteiger partial charge on any atom is 0.337 e. The fourth-order valence-corrected chi connectivity index (χ4v) is 1.61. The van der Waals surface area contributed by atoms with Gasteiger partial charge in [0.05, 0.1) is 5.57 Å². The zero-order valence-electron chi connectivity index (χ0n) is 10.5. The smallest absolute Gasteiger partial charge is 0.337 e. The van der Waals surface area contributed by atoms with Gasteiger partial charge in [0, 0.05) is 30.5 Å². The van der Waals surface area contributed by atoms with E-state index in [0.29, 0.717) is 30.4 Å². The van der Waals surface area contributed by atoms with Crippen molar-refractivity contribution in [3.05, 3.63) is 41.6 Å². The number of carbonyl (C=O) groups is 2. The third-order valence-corrected chi connectivity index (χ3v) is 2.58. The highest BCUT2D eigenvalue weighted by atomic mass is 16.4. The number of carboxylic acid groups (broad SMARTS) is 1. The number of benzene rings is 1. The van der Waals surface area contributed by atoms with E-state index in [4.69, 9.17) is 5.11 Å². The van der Waals surface area contributed by atoms with Gasteiger partial charge >= 0.3 is 5.97 Å². The van der Waals surface area contributed by atoms with Gasteiger partial charge in [0.2, 0.25) is 0 Å². The topological polar surface area (TPSA) is 86.6 Å². The van der Waals surface area contributed by atoms with Crippen LogP contribution in [0.2, 0.25) is 0 Å². The molecule has 5 nitrogen and oxygen atoms in total. The molecule has 0 fully saturated rings. The Morgan fingerprint density at radius 3 is 2.63 bits per heavy atom.